The lowest BCUT2D eigenvalue weighted by Gasteiger charge is -2.25. The van der Waals surface area contributed by atoms with Gasteiger partial charge in [-0.25, -0.2) is 0 Å². The Hall–Kier alpha value is -2.08. The molecule has 0 unspecified atom stereocenters. The largest absolute Gasteiger partial charge is 0.325 e. The average Bonchev–Trinajstić information content (AvgIpc) is 2.68. The molecule has 1 aliphatic rings. The lowest BCUT2D eigenvalue weighted by molar-refractivity contribution is -0.121. The van der Waals surface area contributed by atoms with Gasteiger partial charge in [-0.3, -0.25) is 9.59 Å². The molecular formula is C20H15Br2N3O2S. The number of amides is 2. The molecule has 28 heavy (non-hydrogen) atoms. The van der Waals surface area contributed by atoms with Crippen LogP contribution in [0.15, 0.2) is 68.1 Å². The Kier molecular flexibility index (Phi) is 6.94. The Morgan fingerprint density at radius 3 is 2.36 bits per heavy atom. The number of nitriles is 1. The second-order valence-corrected chi connectivity index (χ2v) is 8.87. The molecule has 0 saturated carbocycles. The zero-order valence-electron chi connectivity index (χ0n) is 14.5. The molecule has 142 valence electrons. The van der Waals surface area contributed by atoms with Gasteiger partial charge in [0.25, 0.3) is 0 Å². The lowest BCUT2D eigenvalue weighted by atomic mass is 9.87. The highest BCUT2D eigenvalue weighted by Crippen LogP contribution is 2.36. The van der Waals surface area contributed by atoms with Gasteiger partial charge in [0.15, 0.2) is 0 Å². The number of nitrogens with zero attached hydrogens (tertiary/aromatic N) is 1. The number of allylic oxidation sites excluding steroid dienone is 1. The maximum atomic E-state index is 12.2. The monoisotopic (exact) mass is 519 g/mol. The Balaban J connectivity index is 1.73. The van der Waals surface area contributed by atoms with Crippen LogP contribution in [-0.2, 0) is 9.59 Å². The van der Waals surface area contributed by atoms with Crippen molar-refractivity contribution < 1.29 is 9.59 Å². The first-order chi connectivity index (χ1) is 13.5. The molecule has 2 aromatic rings. The second kappa shape index (κ2) is 9.41. The smallest absolute Gasteiger partial charge is 0.234 e. The van der Waals surface area contributed by atoms with Gasteiger partial charge >= 0.3 is 0 Å². The van der Waals surface area contributed by atoms with E-state index in [0.717, 1.165) is 26.3 Å². The molecular weight excluding hydrogens is 506 g/mol. The van der Waals surface area contributed by atoms with Crippen molar-refractivity contribution in [3.05, 3.63) is 73.6 Å². The lowest BCUT2D eigenvalue weighted by Crippen LogP contribution is -2.31. The molecule has 5 nitrogen and oxygen atoms in total. The number of rotatable bonds is 5. The summed E-state index contributed by atoms with van der Waals surface area (Å²) in [5.74, 6) is -0.604. The standard InChI is InChI=1S/C20H15Br2N3O2S/c21-13-3-1-12(2-4-13)16-9-18(26)25-20(17(16)10-23)28-11-19(27)24-15-7-5-14(22)6-8-15/h1-8,16H,9,11H2,(H,24,27)(H,25,26)/t16-/m0/s1. The number of carbonyl (C=O) groups is 2. The fraction of sp³-hybridized carbons (Fsp3) is 0.150. The third-order valence-corrected chi connectivity index (χ3v) is 6.18. The van der Waals surface area contributed by atoms with Crippen LogP contribution in [0.3, 0.4) is 0 Å². The third kappa shape index (κ3) is 5.25. The molecule has 1 heterocycles. The SMILES string of the molecule is N#CC1=C(SCC(=O)Nc2ccc(Br)cc2)NC(=O)C[C@H]1c1ccc(Br)cc1. The van der Waals surface area contributed by atoms with Crippen LogP contribution < -0.4 is 10.6 Å². The van der Waals surface area contributed by atoms with Gasteiger partial charge in [-0.2, -0.15) is 5.26 Å². The summed E-state index contributed by atoms with van der Waals surface area (Å²) in [7, 11) is 0. The van der Waals surface area contributed by atoms with Gasteiger partial charge in [-0.15, -0.1) is 0 Å². The van der Waals surface area contributed by atoms with Crippen molar-refractivity contribution >= 4 is 61.1 Å². The average molecular weight is 521 g/mol. The minimum Gasteiger partial charge on any atom is -0.325 e. The van der Waals surface area contributed by atoms with E-state index in [0.29, 0.717) is 16.3 Å². The molecule has 1 atom stereocenters. The zero-order valence-corrected chi connectivity index (χ0v) is 18.5. The fourth-order valence-electron chi connectivity index (χ4n) is 2.78. The van der Waals surface area contributed by atoms with E-state index in [2.05, 4.69) is 48.6 Å². The van der Waals surface area contributed by atoms with E-state index in [1.165, 1.54) is 0 Å². The highest BCUT2D eigenvalue weighted by Gasteiger charge is 2.29. The number of nitrogens with one attached hydrogen (secondary N) is 2. The minimum absolute atomic E-state index is 0.0872. The molecule has 0 fully saturated rings. The van der Waals surface area contributed by atoms with Crippen LogP contribution in [0.5, 0.6) is 0 Å². The third-order valence-electron chi connectivity index (χ3n) is 4.10. The summed E-state index contributed by atoms with van der Waals surface area (Å²) in [6.45, 7) is 0. The molecule has 2 aromatic carbocycles. The van der Waals surface area contributed by atoms with Crippen LogP contribution in [0.2, 0.25) is 0 Å². The van der Waals surface area contributed by atoms with E-state index < -0.39 is 0 Å². The van der Waals surface area contributed by atoms with E-state index in [1.807, 2.05) is 36.4 Å². The Bertz CT molecular complexity index is 966. The normalized spacial score (nSPS) is 16.3. The van der Waals surface area contributed by atoms with E-state index in [4.69, 9.17) is 0 Å². The van der Waals surface area contributed by atoms with E-state index in [1.54, 1.807) is 12.1 Å². The summed E-state index contributed by atoms with van der Waals surface area (Å²) in [5.41, 5.74) is 2.05. The number of thioether (sulfide) groups is 1. The molecule has 0 saturated heterocycles. The van der Waals surface area contributed by atoms with Crippen molar-refractivity contribution in [2.75, 3.05) is 11.1 Å². The summed E-state index contributed by atoms with van der Waals surface area (Å²) in [5, 5.41) is 15.7. The van der Waals surface area contributed by atoms with Gasteiger partial charge < -0.3 is 10.6 Å². The van der Waals surface area contributed by atoms with Crippen molar-refractivity contribution in [1.29, 1.82) is 5.26 Å². The van der Waals surface area contributed by atoms with Crippen LogP contribution in [-0.4, -0.2) is 17.6 Å². The minimum atomic E-state index is -0.316. The number of halogens is 2. The fourth-order valence-corrected chi connectivity index (χ4v) is 4.19. The molecule has 2 amide bonds. The second-order valence-electron chi connectivity index (χ2n) is 6.05. The number of carbonyl (C=O) groups excluding carboxylic acids is 2. The quantitative estimate of drug-likeness (QED) is 0.586. The summed E-state index contributed by atoms with van der Waals surface area (Å²) in [6, 6.07) is 17.0. The number of hydrogen-bond acceptors (Lipinski definition) is 4. The predicted octanol–water partition coefficient (Wildman–Crippen LogP) is 4.92. The topological polar surface area (TPSA) is 82.0 Å². The number of anilines is 1. The van der Waals surface area contributed by atoms with Crippen LogP contribution in [0.25, 0.3) is 0 Å². The van der Waals surface area contributed by atoms with Crippen LogP contribution in [0.4, 0.5) is 5.69 Å². The van der Waals surface area contributed by atoms with Crippen molar-refractivity contribution in [3.63, 3.8) is 0 Å². The molecule has 1 aliphatic heterocycles. The maximum Gasteiger partial charge on any atom is 0.234 e. The molecule has 0 radical (unpaired) electrons. The maximum absolute atomic E-state index is 12.2. The summed E-state index contributed by atoms with van der Waals surface area (Å²) in [6.07, 6.45) is 0.208. The summed E-state index contributed by atoms with van der Waals surface area (Å²) < 4.78 is 1.85. The van der Waals surface area contributed by atoms with E-state index in [-0.39, 0.29) is 29.9 Å². The van der Waals surface area contributed by atoms with Gasteiger partial charge in [0.2, 0.25) is 11.8 Å². The molecule has 0 aliphatic carbocycles. The van der Waals surface area contributed by atoms with E-state index in [9.17, 15) is 14.9 Å². The molecule has 0 spiro atoms. The van der Waals surface area contributed by atoms with Crippen molar-refractivity contribution in [3.8, 4) is 6.07 Å². The van der Waals surface area contributed by atoms with Crippen LogP contribution >= 0.6 is 43.6 Å². The number of hydrogen-bond donors (Lipinski definition) is 2. The molecule has 0 bridgehead atoms. The molecule has 2 N–H and O–H groups in total. The van der Waals surface area contributed by atoms with Gasteiger partial charge in [-0.1, -0.05) is 55.8 Å². The van der Waals surface area contributed by atoms with Crippen LogP contribution in [0, 0.1) is 11.3 Å². The number of benzene rings is 2. The Morgan fingerprint density at radius 1 is 1.14 bits per heavy atom. The van der Waals surface area contributed by atoms with E-state index >= 15 is 0 Å². The van der Waals surface area contributed by atoms with Crippen molar-refractivity contribution in [2.45, 2.75) is 12.3 Å². The Morgan fingerprint density at radius 2 is 1.75 bits per heavy atom. The van der Waals surface area contributed by atoms with Crippen molar-refractivity contribution in [2.24, 2.45) is 0 Å². The van der Waals surface area contributed by atoms with Crippen molar-refractivity contribution in [1.82, 2.24) is 5.32 Å². The summed E-state index contributed by atoms with van der Waals surface area (Å²) >= 11 is 7.90. The first-order valence-electron chi connectivity index (χ1n) is 8.34. The van der Waals surface area contributed by atoms with Gasteiger partial charge in [-0.05, 0) is 42.0 Å². The first kappa shape index (κ1) is 20.6. The summed E-state index contributed by atoms with van der Waals surface area (Å²) in [4.78, 5) is 24.4. The zero-order chi connectivity index (χ0) is 20.1. The van der Waals surface area contributed by atoms with Gasteiger partial charge in [0.05, 0.1) is 22.4 Å². The van der Waals surface area contributed by atoms with Crippen LogP contribution in [0.1, 0.15) is 17.9 Å². The molecule has 8 heteroatoms. The van der Waals surface area contributed by atoms with Gasteiger partial charge in [0, 0.05) is 27.0 Å². The van der Waals surface area contributed by atoms with Gasteiger partial charge in [0.1, 0.15) is 0 Å². The predicted molar refractivity (Wildman–Crippen MR) is 118 cm³/mol. The highest BCUT2D eigenvalue weighted by atomic mass is 79.9. The highest BCUT2D eigenvalue weighted by molar-refractivity contribution is 9.10. The first-order valence-corrected chi connectivity index (χ1v) is 10.9. The molecule has 0 aromatic heterocycles. The molecule has 3 rings (SSSR count). The Labute approximate surface area is 183 Å².